The standard InChI is InChI=1S/C22H36O4S/c1-22(2,3)27(24,25)18-9-7-5-6-8-11-19-14-16-20(17-15-19)12-10-13-21(23)26-4/h14-17H,5-13,18H2,1-4H3. The number of hydrogen-bond donors (Lipinski definition) is 0. The van der Waals surface area contributed by atoms with Crippen molar-refractivity contribution in [2.45, 2.75) is 83.3 Å². The summed E-state index contributed by atoms with van der Waals surface area (Å²) in [5.41, 5.74) is 2.59. The molecular weight excluding hydrogens is 360 g/mol. The Labute approximate surface area is 165 Å². The number of aryl methyl sites for hydroxylation is 2. The zero-order chi connectivity index (χ0) is 20.3. The van der Waals surface area contributed by atoms with Gasteiger partial charge in [0.2, 0.25) is 0 Å². The van der Waals surface area contributed by atoms with Gasteiger partial charge in [-0.25, -0.2) is 8.42 Å². The van der Waals surface area contributed by atoms with Crippen molar-refractivity contribution in [1.82, 2.24) is 0 Å². The van der Waals surface area contributed by atoms with Crippen molar-refractivity contribution in [2.24, 2.45) is 0 Å². The van der Waals surface area contributed by atoms with Crippen LogP contribution in [0.1, 0.15) is 76.8 Å². The van der Waals surface area contributed by atoms with Crippen LogP contribution in [0.2, 0.25) is 0 Å². The van der Waals surface area contributed by atoms with Crippen LogP contribution in [0.3, 0.4) is 0 Å². The largest absolute Gasteiger partial charge is 0.469 e. The minimum absolute atomic E-state index is 0.150. The molecule has 0 saturated carbocycles. The van der Waals surface area contributed by atoms with E-state index in [1.165, 1.54) is 18.2 Å². The Bertz CT molecular complexity index is 655. The van der Waals surface area contributed by atoms with Crippen molar-refractivity contribution in [1.29, 1.82) is 0 Å². The van der Waals surface area contributed by atoms with E-state index in [0.717, 1.165) is 51.4 Å². The molecule has 0 aliphatic carbocycles. The maximum Gasteiger partial charge on any atom is 0.305 e. The molecule has 0 unspecified atom stereocenters. The van der Waals surface area contributed by atoms with Crippen LogP contribution in [-0.2, 0) is 32.2 Å². The van der Waals surface area contributed by atoms with Crippen LogP contribution in [0, 0.1) is 0 Å². The van der Waals surface area contributed by atoms with Gasteiger partial charge in [0, 0.05) is 6.42 Å². The van der Waals surface area contributed by atoms with Gasteiger partial charge < -0.3 is 4.74 Å². The molecule has 0 spiro atoms. The van der Waals surface area contributed by atoms with Gasteiger partial charge in [-0.3, -0.25) is 4.79 Å². The lowest BCUT2D eigenvalue weighted by molar-refractivity contribution is -0.140. The lowest BCUT2D eigenvalue weighted by Gasteiger charge is -2.18. The molecular formula is C22H36O4S. The van der Waals surface area contributed by atoms with E-state index in [4.69, 9.17) is 0 Å². The highest BCUT2D eigenvalue weighted by atomic mass is 32.2. The summed E-state index contributed by atoms with van der Waals surface area (Å²) in [6.45, 7) is 5.31. The van der Waals surface area contributed by atoms with Crippen molar-refractivity contribution in [2.75, 3.05) is 12.9 Å². The molecule has 27 heavy (non-hydrogen) atoms. The second-order valence-electron chi connectivity index (χ2n) is 8.20. The number of hydrogen-bond acceptors (Lipinski definition) is 4. The fourth-order valence-electron chi connectivity index (χ4n) is 2.87. The minimum atomic E-state index is -2.98. The van der Waals surface area contributed by atoms with E-state index >= 15 is 0 Å². The first kappa shape index (κ1) is 23.7. The molecule has 1 aromatic rings. The smallest absolute Gasteiger partial charge is 0.305 e. The second kappa shape index (κ2) is 11.5. The summed E-state index contributed by atoms with van der Waals surface area (Å²) in [6, 6.07) is 8.63. The number of esters is 1. The van der Waals surface area contributed by atoms with Gasteiger partial charge in [0.05, 0.1) is 17.6 Å². The molecule has 0 atom stereocenters. The van der Waals surface area contributed by atoms with Gasteiger partial charge in [-0.05, 0) is 64.0 Å². The lowest BCUT2D eigenvalue weighted by Crippen LogP contribution is -2.30. The number of ether oxygens (including phenoxy) is 1. The molecule has 0 aliphatic rings. The molecule has 154 valence electrons. The van der Waals surface area contributed by atoms with E-state index < -0.39 is 14.6 Å². The number of carbonyl (C=O) groups excluding carboxylic acids is 1. The van der Waals surface area contributed by atoms with Crippen LogP contribution < -0.4 is 0 Å². The zero-order valence-electron chi connectivity index (χ0n) is 17.4. The summed E-state index contributed by atoms with van der Waals surface area (Å²) in [6.07, 6.45) is 8.34. The Balaban J connectivity index is 2.16. The Morgan fingerprint density at radius 2 is 1.33 bits per heavy atom. The predicted molar refractivity (Wildman–Crippen MR) is 112 cm³/mol. The average molecular weight is 397 g/mol. The van der Waals surface area contributed by atoms with E-state index in [1.807, 2.05) is 0 Å². The number of sulfone groups is 1. The number of methoxy groups -OCH3 is 1. The molecule has 1 rings (SSSR count). The van der Waals surface area contributed by atoms with E-state index in [1.54, 1.807) is 20.8 Å². The summed E-state index contributed by atoms with van der Waals surface area (Å²) in [4.78, 5) is 11.1. The van der Waals surface area contributed by atoms with Gasteiger partial charge in [-0.1, -0.05) is 43.5 Å². The molecule has 0 heterocycles. The monoisotopic (exact) mass is 396 g/mol. The topological polar surface area (TPSA) is 60.4 Å². The first-order valence-corrected chi connectivity index (χ1v) is 11.7. The Morgan fingerprint density at radius 3 is 1.85 bits per heavy atom. The summed E-state index contributed by atoms with van der Waals surface area (Å²) in [7, 11) is -1.55. The van der Waals surface area contributed by atoms with Crippen molar-refractivity contribution >= 4 is 15.8 Å². The first-order valence-electron chi connectivity index (χ1n) is 10.0. The Morgan fingerprint density at radius 1 is 0.852 bits per heavy atom. The fraction of sp³-hybridized carbons (Fsp3) is 0.682. The normalized spacial score (nSPS) is 12.1. The molecule has 0 aromatic heterocycles. The maximum absolute atomic E-state index is 12.0. The van der Waals surface area contributed by atoms with Crippen LogP contribution >= 0.6 is 0 Å². The molecule has 0 amide bonds. The SMILES string of the molecule is COC(=O)CCCc1ccc(CCCCCCCS(=O)(=O)C(C)(C)C)cc1. The lowest BCUT2D eigenvalue weighted by atomic mass is 10.0. The molecule has 0 fully saturated rings. The minimum Gasteiger partial charge on any atom is -0.469 e. The van der Waals surface area contributed by atoms with Crippen LogP contribution in [0.15, 0.2) is 24.3 Å². The fourth-order valence-corrected chi connectivity index (χ4v) is 4.07. The number of rotatable bonds is 12. The van der Waals surface area contributed by atoms with Gasteiger partial charge in [0.15, 0.2) is 9.84 Å². The van der Waals surface area contributed by atoms with E-state index in [9.17, 15) is 13.2 Å². The summed E-state index contributed by atoms with van der Waals surface area (Å²) in [5.74, 6) is 0.149. The number of carbonyl (C=O) groups is 1. The van der Waals surface area contributed by atoms with Crippen molar-refractivity contribution in [3.05, 3.63) is 35.4 Å². The summed E-state index contributed by atoms with van der Waals surface area (Å²) >= 11 is 0. The molecule has 4 nitrogen and oxygen atoms in total. The third-order valence-corrected chi connectivity index (χ3v) is 7.60. The molecule has 0 radical (unpaired) electrons. The first-order chi connectivity index (χ1) is 12.7. The van der Waals surface area contributed by atoms with Crippen LogP contribution in [-0.4, -0.2) is 32.0 Å². The average Bonchev–Trinajstić information content (AvgIpc) is 2.61. The van der Waals surface area contributed by atoms with Gasteiger partial charge in [-0.15, -0.1) is 0 Å². The summed E-state index contributed by atoms with van der Waals surface area (Å²) in [5, 5.41) is 0. The predicted octanol–water partition coefficient (Wildman–Crippen LogP) is 4.89. The molecule has 0 saturated heterocycles. The number of benzene rings is 1. The quantitative estimate of drug-likeness (QED) is 0.373. The highest BCUT2D eigenvalue weighted by Gasteiger charge is 2.27. The van der Waals surface area contributed by atoms with Gasteiger partial charge >= 0.3 is 5.97 Å². The molecule has 0 bridgehead atoms. The zero-order valence-corrected chi connectivity index (χ0v) is 18.2. The summed E-state index contributed by atoms with van der Waals surface area (Å²) < 4.78 is 28.1. The van der Waals surface area contributed by atoms with Crippen LogP contribution in [0.4, 0.5) is 0 Å². The molecule has 0 aliphatic heterocycles. The van der Waals surface area contributed by atoms with E-state index in [2.05, 4.69) is 29.0 Å². The van der Waals surface area contributed by atoms with Crippen LogP contribution in [0.25, 0.3) is 0 Å². The molecule has 1 aromatic carbocycles. The van der Waals surface area contributed by atoms with Crippen molar-refractivity contribution in [3.63, 3.8) is 0 Å². The second-order valence-corrected chi connectivity index (χ2v) is 11.1. The Hall–Kier alpha value is -1.36. The molecule has 5 heteroatoms. The highest BCUT2D eigenvalue weighted by molar-refractivity contribution is 7.92. The number of unbranched alkanes of at least 4 members (excludes halogenated alkanes) is 4. The van der Waals surface area contributed by atoms with Gasteiger partial charge in [0.25, 0.3) is 0 Å². The van der Waals surface area contributed by atoms with Crippen LogP contribution in [0.5, 0.6) is 0 Å². The van der Waals surface area contributed by atoms with Crippen molar-refractivity contribution in [3.8, 4) is 0 Å². The highest BCUT2D eigenvalue weighted by Crippen LogP contribution is 2.18. The van der Waals surface area contributed by atoms with Crippen molar-refractivity contribution < 1.29 is 17.9 Å². The maximum atomic E-state index is 12.0. The third-order valence-electron chi connectivity index (χ3n) is 4.91. The van der Waals surface area contributed by atoms with E-state index in [-0.39, 0.29) is 5.97 Å². The third kappa shape index (κ3) is 9.41. The molecule has 0 N–H and O–H groups in total. The Kier molecular flexibility index (Phi) is 10.1. The van der Waals surface area contributed by atoms with E-state index in [0.29, 0.717) is 12.2 Å². The van der Waals surface area contributed by atoms with Gasteiger partial charge in [-0.2, -0.15) is 0 Å². The van der Waals surface area contributed by atoms with Gasteiger partial charge in [0.1, 0.15) is 0 Å².